The van der Waals surface area contributed by atoms with E-state index in [-0.39, 0.29) is 0 Å². The van der Waals surface area contributed by atoms with Gasteiger partial charge in [-0.15, -0.1) is 0 Å². The van der Waals surface area contributed by atoms with Crippen LogP contribution in [0.3, 0.4) is 0 Å². The van der Waals surface area contributed by atoms with Gasteiger partial charge in [-0.3, -0.25) is 0 Å². The Morgan fingerprint density at radius 1 is 1.25 bits per heavy atom. The largest absolute Gasteiger partial charge is 0.481 e. The molecule has 3 aromatic rings. The zero-order valence-electron chi connectivity index (χ0n) is 11.0. The smallest absolute Gasteiger partial charge is 0.289 e. The van der Waals surface area contributed by atoms with Gasteiger partial charge in [0.25, 0.3) is 5.69 Å². The van der Waals surface area contributed by atoms with E-state index in [2.05, 4.69) is 9.83 Å². The Labute approximate surface area is 116 Å². The highest BCUT2D eigenvalue weighted by molar-refractivity contribution is 5.93. The van der Waals surface area contributed by atoms with E-state index in [0.717, 1.165) is 16.6 Å². The second-order valence-corrected chi connectivity index (χ2v) is 4.40. The zero-order chi connectivity index (χ0) is 13.9. The maximum atomic E-state index is 7.30. The van der Waals surface area contributed by atoms with Gasteiger partial charge < -0.3 is 9.15 Å². The van der Waals surface area contributed by atoms with Gasteiger partial charge in [0.05, 0.1) is 12.8 Å². The molecule has 3 rings (SSSR count). The average molecular weight is 264 g/mol. The van der Waals surface area contributed by atoms with Gasteiger partial charge >= 0.3 is 0 Å². The van der Waals surface area contributed by atoms with Crippen LogP contribution in [0.4, 0.5) is 5.69 Å². The van der Waals surface area contributed by atoms with Crippen molar-refractivity contribution in [3.8, 4) is 5.88 Å². The van der Waals surface area contributed by atoms with Crippen LogP contribution in [0, 0.1) is 13.5 Å². The van der Waals surface area contributed by atoms with E-state index in [1.54, 1.807) is 6.26 Å². The number of ether oxygens (including phenoxy) is 1. The lowest BCUT2D eigenvalue weighted by molar-refractivity contribution is 0.295. The highest BCUT2D eigenvalue weighted by atomic mass is 16.5. The van der Waals surface area contributed by atoms with Crippen LogP contribution < -0.4 is 4.74 Å². The predicted molar refractivity (Wildman–Crippen MR) is 75.8 cm³/mol. The van der Waals surface area contributed by atoms with Crippen molar-refractivity contribution < 1.29 is 9.15 Å². The molecule has 0 N–H and O–H groups in total. The van der Waals surface area contributed by atoms with Gasteiger partial charge in [0.15, 0.2) is 0 Å². The standard InChI is InChI=1S/C16H12N2O2/c1-11-13-8-9-19-15(13)14(17-2)16(18-11)20-10-12-6-4-3-5-7-12/h3-9H,10H2,1H3. The molecule has 0 aliphatic heterocycles. The first-order valence-corrected chi connectivity index (χ1v) is 6.21. The summed E-state index contributed by atoms with van der Waals surface area (Å²) >= 11 is 0. The Morgan fingerprint density at radius 3 is 2.80 bits per heavy atom. The van der Waals surface area contributed by atoms with E-state index in [9.17, 15) is 0 Å². The summed E-state index contributed by atoms with van der Waals surface area (Å²) in [6, 6.07) is 11.6. The minimum atomic E-state index is 0.323. The predicted octanol–water partition coefficient (Wildman–Crippen LogP) is 4.27. The Bertz CT molecular complexity index is 785. The highest BCUT2D eigenvalue weighted by Crippen LogP contribution is 2.36. The van der Waals surface area contributed by atoms with Crippen molar-refractivity contribution in [3.63, 3.8) is 0 Å². The molecule has 0 amide bonds. The lowest BCUT2D eigenvalue weighted by Gasteiger charge is -2.08. The Morgan fingerprint density at radius 2 is 2.05 bits per heavy atom. The van der Waals surface area contributed by atoms with Gasteiger partial charge in [0, 0.05) is 11.1 Å². The van der Waals surface area contributed by atoms with Crippen molar-refractivity contribution in [1.29, 1.82) is 0 Å². The summed E-state index contributed by atoms with van der Waals surface area (Å²) in [6.07, 6.45) is 1.56. The molecular weight excluding hydrogens is 252 g/mol. The normalized spacial score (nSPS) is 10.4. The number of benzene rings is 1. The molecule has 2 aromatic heterocycles. The second-order valence-electron chi connectivity index (χ2n) is 4.40. The summed E-state index contributed by atoms with van der Waals surface area (Å²) in [6.45, 7) is 9.56. The number of pyridine rings is 1. The molecule has 20 heavy (non-hydrogen) atoms. The molecule has 4 heteroatoms. The second kappa shape index (κ2) is 5.06. The zero-order valence-corrected chi connectivity index (χ0v) is 11.0. The summed E-state index contributed by atoms with van der Waals surface area (Å²) in [7, 11) is 0. The number of nitrogens with zero attached hydrogens (tertiary/aromatic N) is 2. The molecule has 2 heterocycles. The Hall–Kier alpha value is -2.80. The van der Waals surface area contributed by atoms with Crippen LogP contribution in [0.25, 0.3) is 15.8 Å². The van der Waals surface area contributed by atoms with Crippen LogP contribution in [-0.2, 0) is 6.61 Å². The SMILES string of the molecule is [C-]#[N+]c1c(OCc2ccccc2)nc(C)c2ccoc12. The van der Waals surface area contributed by atoms with Crippen molar-refractivity contribution in [1.82, 2.24) is 4.98 Å². The minimum absolute atomic E-state index is 0.323. The molecule has 0 bridgehead atoms. The number of hydrogen-bond acceptors (Lipinski definition) is 3. The van der Waals surface area contributed by atoms with E-state index in [1.807, 2.05) is 43.3 Å². The lowest BCUT2D eigenvalue weighted by atomic mass is 10.2. The number of aromatic nitrogens is 1. The van der Waals surface area contributed by atoms with E-state index >= 15 is 0 Å². The van der Waals surface area contributed by atoms with Gasteiger partial charge in [-0.1, -0.05) is 30.3 Å². The number of hydrogen-bond donors (Lipinski definition) is 0. The maximum Gasteiger partial charge on any atom is 0.289 e. The number of fused-ring (bicyclic) bond motifs is 1. The van der Waals surface area contributed by atoms with Crippen LogP contribution in [-0.4, -0.2) is 4.98 Å². The number of rotatable bonds is 3. The molecule has 0 aliphatic rings. The first-order chi connectivity index (χ1) is 9.79. The molecule has 4 nitrogen and oxygen atoms in total. The molecule has 0 unspecified atom stereocenters. The van der Waals surface area contributed by atoms with Crippen molar-refractivity contribution in [2.45, 2.75) is 13.5 Å². The van der Waals surface area contributed by atoms with Gasteiger partial charge in [0.2, 0.25) is 5.88 Å². The average Bonchev–Trinajstić information content (AvgIpc) is 2.96. The summed E-state index contributed by atoms with van der Waals surface area (Å²) in [4.78, 5) is 7.86. The summed E-state index contributed by atoms with van der Waals surface area (Å²) in [5.74, 6) is 0.323. The Kier molecular flexibility index (Phi) is 3.10. The van der Waals surface area contributed by atoms with Gasteiger partial charge in [-0.05, 0) is 18.6 Å². The summed E-state index contributed by atoms with van der Waals surface area (Å²) in [5.41, 5.74) is 2.69. The lowest BCUT2D eigenvalue weighted by Crippen LogP contribution is -1.98. The third-order valence-electron chi connectivity index (χ3n) is 3.07. The van der Waals surface area contributed by atoms with Gasteiger partial charge in [0.1, 0.15) is 12.2 Å². The fourth-order valence-corrected chi connectivity index (χ4v) is 2.07. The fraction of sp³-hybridized carbons (Fsp3) is 0.125. The maximum absolute atomic E-state index is 7.30. The van der Waals surface area contributed by atoms with Gasteiger partial charge in [-0.2, -0.15) is 0 Å². The first kappa shape index (κ1) is 12.2. The number of furan rings is 1. The molecule has 0 fully saturated rings. The van der Waals surface area contributed by atoms with Crippen molar-refractivity contribution >= 4 is 16.7 Å². The van der Waals surface area contributed by atoms with E-state index < -0.39 is 0 Å². The molecule has 98 valence electrons. The van der Waals surface area contributed by atoms with Crippen LogP contribution >= 0.6 is 0 Å². The monoisotopic (exact) mass is 264 g/mol. The summed E-state index contributed by atoms with van der Waals surface area (Å²) < 4.78 is 11.1. The molecule has 0 spiro atoms. The fourth-order valence-electron chi connectivity index (χ4n) is 2.07. The van der Waals surface area contributed by atoms with Crippen LogP contribution in [0.1, 0.15) is 11.3 Å². The summed E-state index contributed by atoms with van der Waals surface area (Å²) in [5, 5.41) is 0.850. The van der Waals surface area contributed by atoms with E-state index in [0.29, 0.717) is 23.8 Å². The van der Waals surface area contributed by atoms with Crippen molar-refractivity contribution in [3.05, 3.63) is 65.3 Å². The van der Waals surface area contributed by atoms with Crippen LogP contribution in [0.5, 0.6) is 5.88 Å². The number of aryl methyl sites for hydroxylation is 1. The highest BCUT2D eigenvalue weighted by Gasteiger charge is 2.16. The first-order valence-electron chi connectivity index (χ1n) is 6.21. The molecule has 0 saturated heterocycles. The molecule has 0 aliphatic carbocycles. The minimum Gasteiger partial charge on any atom is -0.481 e. The quantitative estimate of drug-likeness (QED) is 0.663. The third kappa shape index (κ3) is 2.10. The molecular formula is C16H12N2O2. The van der Waals surface area contributed by atoms with Crippen molar-refractivity contribution in [2.24, 2.45) is 0 Å². The molecule has 0 radical (unpaired) electrons. The molecule has 0 saturated carbocycles. The molecule has 1 aromatic carbocycles. The van der Waals surface area contributed by atoms with E-state index in [1.165, 1.54) is 0 Å². The topological polar surface area (TPSA) is 39.6 Å². The Balaban J connectivity index is 1.97. The van der Waals surface area contributed by atoms with Gasteiger partial charge in [-0.25, -0.2) is 9.83 Å². The van der Waals surface area contributed by atoms with Crippen LogP contribution in [0.2, 0.25) is 0 Å². The van der Waals surface area contributed by atoms with Crippen LogP contribution in [0.15, 0.2) is 47.1 Å². The van der Waals surface area contributed by atoms with Crippen molar-refractivity contribution in [2.75, 3.05) is 0 Å². The third-order valence-corrected chi connectivity index (χ3v) is 3.07. The molecule has 0 atom stereocenters. The van der Waals surface area contributed by atoms with E-state index in [4.69, 9.17) is 15.7 Å².